The summed E-state index contributed by atoms with van der Waals surface area (Å²) in [4.78, 5) is 15.0. The first-order valence-corrected chi connectivity index (χ1v) is 5.94. The molecule has 90 valence electrons. The highest BCUT2D eigenvalue weighted by Gasteiger charge is 2.09. The van der Waals surface area contributed by atoms with Crippen molar-refractivity contribution < 1.29 is 0 Å². The summed E-state index contributed by atoms with van der Waals surface area (Å²) in [6.07, 6.45) is 0. The van der Waals surface area contributed by atoms with Gasteiger partial charge in [-0.2, -0.15) is 0 Å². The molecule has 0 amide bonds. The van der Waals surface area contributed by atoms with Crippen LogP contribution in [0.4, 0.5) is 0 Å². The van der Waals surface area contributed by atoms with Crippen LogP contribution in [0.1, 0.15) is 11.1 Å². The Morgan fingerprint density at radius 3 is 2.44 bits per heavy atom. The van der Waals surface area contributed by atoms with E-state index in [1.54, 1.807) is 4.57 Å². The van der Waals surface area contributed by atoms with Crippen molar-refractivity contribution in [2.75, 3.05) is 0 Å². The Bertz CT molecular complexity index is 763. The number of aromatic nitrogens is 2. The van der Waals surface area contributed by atoms with Gasteiger partial charge in [-0.05, 0) is 37.6 Å². The van der Waals surface area contributed by atoms with E-state index in [0.29, 0.717) is 0 Å². The van der Waals surface area contributed by atoms with Gasteiger partial charge in [-0.15, -0.1) is 0 Å². The highest BCUT2D eigenvalue weighted by atomic mass is 16.1. The van der Waals surface area contributed by atoms with Crippen molar-refractivity contribution >= 4 is 11.0 Å². The lowest BCUT2D eigenvalue weighted by molar-refractivity contribution is 1.01. The minimum atomic E-state index is -0.0943. The third-order valence-electron chi connectivity index (χ3n) is 3.22. The number of hydrogen-bond donors (Lipinski definition) is 1. The van der Waals surface area contributed by atoms with Gasteiger partial charge in [-0.25, -0.2) is 4.79 Å². The number of nitrogens with zero attached hydrogens (tertiary/aromatic N) is 1. The van der Waals surface area contributed by atoms with Crippen LogP contribution in [0.3, 0.4) is 0 Å². The van der Waals surface area contributed by atoms with E-state index in [0.717, 1.165) is 22.3 Å². The van der Waals surface area contributed by atoms with E-state index in [2.05, 4.69) is 4.98 Å². The Balaban J connectivity index is 2.35. The van der Waals surface area contributed by atoms with Gasteiger partial charge in [0.25, 0.3) is 0 Å². The number of para-hydroxylation sites is 1. The van der Waals surface area contributed by atoms with Crippen LogP contribution in [-0.4, -0.2) is 9.55 Å². The average Bonchev–Trinajstić information content (AvgIpc) is 2.69. The van der Waals surface area contributed by atoms with Gasteiger partial charge in [0.05, 0.1) is 16.7 Å². The second-order valence-corrected chi connectivity index (χ2v) is 4.57. The lowest BCUT2D eigenvalue weighted by Crippen LogP contribution is -2.14. The fourth-order valence-corrected chi connectivity index (χ4v) is 2.22. The predicted molar refractivity (Wildman–Crippen MR) is 73.4 cm³/mol. The highest BCUT2D eigenvalue weighted by Crippen LogP contribution is 2.18. The first-order chi connectivity index (χ1) is 8.66. The Morgan fingerprint density at radius 1 is 1.00 bits per heavy atom. The molecule has 0 aliphatic rings. The van der Waals surface area contributed by atoms with Gasteiger partial charge in [0, 0.05) is 0 Å². The van der Waals surface area contributed by atoms with Gasteiger partial charge in [0.15, 0.2) is 0 Å². The first kappa shape index (κ1) is 10.8. The molecule has 3 aromatic rings. The standard InChI is InChI=1S/C15H14N2O/c1-10-6-8-12(9-7-10)17-13-5-3-4-11(2)14(13)16-15(17)18/h3-9H,1-2H3,(H,16,18). The van der Waals surface area contributed by atoms with Gasteiger partial charge in [-0.1, -0.05) is 29.8 Å². The van der Waals surface area contributed by atoms with Crippen LogP contribution in [-0.2, 0) is 0 Å². The lowest BCUT2D eigenvalue weighted by atomic mass is 10.2. The van der Waals surface area contributed by atoms with Crippen molar-refractivity contribution in [3.8, 4) is 5.69 Å². The van der Waals surface area contributed by atoms with Crippen LogP contribution in [0.5, 0.6) is 0 Å². The number of imidazole rings is 1. The molecule has 1 aromatic heterocycles. The van der Waals surface area contributed by atoms with Gasteiger partial charge >= 0.3 is 5.69 Å². The molecule has 0 bridgehead atoms. The van der Waals surface area contributed by atoms with Crippen LogP contribution >= 0.6 is 0 Å². The molecule has 3 rings (SSSR count). The summed E-state index contributed by atoms with van der Waals surface area (Å²) < 4.78 is 1.71. The van der Waals surface area contributed by atoms with Crippen LogP contribution in [0.15, 0.2) is 47.3 Å². The molecule has 0 spiro atoms. The molecule has 3 nitrogen and oxygen atoms in total. The zero-order valence-corrected chi connectivity index (χ0v) is 10.4. The molecule has 2 aromatic carbocycles. The van der Waals surface area contributed by atoms with Crippen molar-refractivity contribution in [1.82, 2.24) is 9.55 Å². The van der Waals surface area contributed by atoms with Crippen molar-refractivity contribution in [3.05, 3.63) is 64.1 Å². The van der Waals surface area contributed by atoms with Gasteiger partial charge in [-0.3, -0.25) is 4.57 Å². The normalized spacial score (nSPS) is 11.0. The molecule has 0 aliphatic heterocycles. The van der Waals surface area contributed by atoms with Crippen LogP contribution in [0.2, 0.25) is 0 Å². The van der Waals surface area contributed by atoms with Crippen molar-refractivity contribution in [1.29, 1.82) is 0 Å². The smallest absolute Gasteiger partial charge is 0.305 e. The maximum Gasteiger partial charge on any atom is 0.331 e. The number of aromatic amines is 1. The maximum absolute atomic E-state index is 12.1. The molecule has 0 saturated carbocycles. The molecule has 0 unspecified atom stereocenters. The van der Waals surface area contributed by atoms with Crippen molar-refractivity contribution in [3.63, 3.8) is 0 Å². The monoisotopic (exact) mass is 238 g/mol. The molecule has 1 N–H and O–H groups in total. The first-order valence-electron chi connectivity index (χ1n) is 5.94. The number of H-pyrrole nitrogens is 1. The van der Waals surface area contributed by atoms with E-state index in [9.17, 15) is 4.79 Å². The third-order valence-corrected chi connectivity index (χ3v) is 3.22. The summed E-state index contributed by atoms with van der Waals surface area (Å²) >= 11 is 0. The lowest BCUT2D eigenvalue weighted by Gasteiger charge is -2.04. The number of hydrogen-bond acceptors (Lipinski definition) is 1. The number of fused-ring (bicyclic) bond motifs is 1. The molecule has 18 heavy (non-hydrogen) atoms. The summed E-state index contributed by atoms with van der Waals surface area (Å²) in [7, 11) is 0. The topological polar surface area (TPSA) is 37.8 Å². The van der Waals surface area contributed by atoms with Crippen LogP contribution in [0, 0.1) is 13.8 Å². The summed E-state index contributed by atoms with van der Waals surface area (Å²) in [6.45, 7) is 4.03. The largest absolute Gasteiger partial charge is 0.331 e. The number of nitrogens with one attached hydrogen (secondary N) is 1. The van der Waals surface area contributed by atoms with E-state index in [1.165, 1.54) is 5.56 Å². The van der Waals surface area contributed by atoms with Crippen molar-refractivity contribution in [2.24, 2.45) is 0 Å². The number of benzene rings is 2. The Kier molecular flexibility index (Phi) is 2.33. The van der Waals surface area contributed by atoms with Crippen LogP contribution in [0.25, 0.3) is 16.7 Å². The zero-order valence-electron chi connectivity index (χ0n) is 10.4. The van der Waals surface area contributed by atoms with E-state index in [4.69, 9.17) is 0 Å². The summed E-state index contributed by atoms with van der Waals surface area (Å²) in [5.41, 5.74) is 4.89. The molecule has 1 heterocycles. The summed E-state index contributed by atoms with van der Waals surface area (Å²) in [5, 5.41) is 0. The predicted octanol–water partition coefficient (Wildman–Crippen LogP) is 2.94. The van der Waals surface area contributed by atoms with E-state index in [-0.39, 0.29) is 5.69 Å². The summed E-state index contributed by atoms with van der Waals surface area (Å²) in [5.74, 6) is 0. The van der Waals surface area contributed by atoms with Gasteiger partial charge in [0.2, 0.25) is 0 Å². The maximum atomic E-state index is 12.1. The second-order valence-electron chi connectivity index (χ2n) is 4.57. The Labute approximate surface area is 105 Å². The van der Waals surface area contributed by atoms with Gasteiger partial charge < -0.3 is 4.98 Å². The van der Waals surface area contributed by atoms with Gasteiger partial charge in [0.1, 0.15) is 0 Å². The Hall–Kier alpha value is -2.29. The fraction of sp³-hybridized carbons (Fsp3) is 0.133. The molecule has 0 radical (unpaired) electrons. The van der Waals surface area contributed by atoms with E-state index < -0.39 is 0 Å². The molecule has 0 aliphatic carbocycles. The highest BCUT2D eigenvalue weighted by molar-refractivity contribution is 5.80. The third kappa shape index (κ3) is 1.56. The molecule has 0 atom stereocenters. The molecule has 0 saturated heterocycles. The minimum absolute atomic E-state index is 0.0943. The zero-order chi connectivity index (χ0) is 12.7. The minimum Gasteiger partial charge on any atom is -0.305 e. The fourth-order valence-electron chi connectivity index (χ4n) is 2.22. The SMILES string of the molecule is Cc1ccc(-n2c(=O)[nH]c3c(C)cccc32)cc1. The van der Waals surface area contributed by atoms with E-state index in [1.807, 2.05) is 56.3 Å². The van der Waals surface area contributed by atoms with E-state index >= 15 is 0 Å². The number of aryl methyl sites for hydroxylation is 2. The molecular weight excluding hydrogens is 224 g/mol. The summed E-state index contributed by atoms with van der Waals surface area (Å²) in [6, 6.07) is 13.9. The molecular formula is C15H14N2O. The van der Waals surface area contributed by atoms with Crippen LogP contribution < -0.4 is 5.69 Å². The average molecular weight is 238 g/mol. The second kappa shape index (κ2) is 3.88. The molecule has 3 heteroatoms. The van der Waals surface area contributed by atoms with Crippen molar-refractivity contribution in [2.45, 2.75) is 13.8 Å². The quantitative estimate of drug-likeness (QED) is 0.695. The Morgan fingerprint density at radius 2 is 1.72 bits per heavy atom. The number of rotatable bonds is 1. The molecule has 0 fully saturated rings.